The van der Waals surface area contributed by atoms with Crippen LogP contribution in [0, 0.1) is 6.92 Å². The van der Waals surface area contributed by atoms with Crippen LogP contribution in [0.15, 0.2) is 54.6 Å². The van der Waals surface area contributed by atoms with Crippen LogP contribution in [0.5, 0.6) is 11.5 Å². The van der Waals surface area contributed by atoms with Gasteiger partial charge in [-0.05, 0) is 61.7 Å². The number of carbonyl (C=O) groups is 1. The first-order chi connectivity index (χ1) is 11.2. The van der Waals surface area contributed by atoms with Crippen LogP contribution in [0.3, 0.4) is 0 Å². The van der Waals surface area contributed by atoms with E-state index < -0.39 is 0 Å². The largest absolute Gasteiger partial charge is 0.488 e. The maximum absolute atomic E-state index is 12.1. The van der Waals surface area contributed by atoms with Gasteiger partial charge in [0.05, 0.1) is 6.61 Å². The van der Waals surface area contributed by atoms with Crippen molar-refractivity contribution in [2.45, 2.75) is 19.8 Å². The molecular weight excluding hydrogens is 292 g/mol. The number of aryl methyl sites for hydroxylation is 1. The molecule has 2 aromatic rings. The van der Waals surface area contributed by atoms with E-state index in [9.17, 15) is 4.79 Å². The first-order valence-corrected chi connectivity index (χ1v) is 7.55. The lowest BCUT2D eigenvalue weighted by atomic mass is 10.2. The number of hydrogen-bond donors (Lipinski definition) is 1. The standard InChI is InChI=1S/C18H18N2O3/c1-13-12-14(20-18(21)17-4-2-3-11-22-17)5-6-16(13)23-15-7-9-19-10-8-15/h4-10,12H,2-3,11H2,1H3,(H,20,21). The Hall–Kier alpha value is -2.82. The Kier molecular flexibility index (Phi) is 4.57. The molecule has 5 nitrogen and oxygen atoms in total. The molecule has 0 atom stereocenters. The Balaban J connectivity index is 1.69. The summed E-state index contributed by atoms with van der Waals surface area (Å²) >= 11 is 0. The number of nitrogens with zero attached hydrogens (tertiary/aromatic N) is 1. The van der Waals surface area contributed by atoms with Gasteiger partial charge in [0.1, 0.15) is 11.5 Å². The number of carbonyl (C=O) groups excluding carboxylic acids is 1. The van der Waals surface area contributed by atoms with E-state index >= 15 is 0 Å². The number of aromatic nitrogens is 1. The van der Waals surface area contributed by atoms with Gasteiger partial charge in [-0.1, -0.05) is 0 Å². The fourth-order valence-electron chi connectivity index (χ4n) is 2.28. The van der Waals surface area contributed by atoms with Crippen molar-refractivity contribution >= 4 is 11.6 Å². The number of rotatable bonds is 4. The fourth-order valence-corrected chi connectivity index (χ4v) is 2.28. The molecule has 1 aromatic heterocycles. The van der Waals surface area contributed by atoms with Gasteiger partial charge in [-0.15, -0.1) is 0 Å². The molecule has 118 valence electrons. The fraction of sp³-hybridized carbons (Fsp3) is 0.222. The molecular formula is C18H18N2O3. The lowest BCUT2D eigenvalue weighted by Crippen LogP contribution is -2.18. The number of hydrogen-bond acceptors (Lipinski definition) is 4. The lowest BCUT2D eigenvalue weighted by molar-refractivity contribution is -0.116. The maximum Gasteiger partial charge on any atom is 0.290 e. The van der Waals surface area contributed by atoms with Crippen LogP contribution in [-0.4, -0.2) is 17.5 Å². The molecule has 1 aliphatic heterocycles. The number of anilines is 1. The van der Waals surface area contributed by atoms with Crippen LogP contribution < -0.4 is 10.1 Å². The topological polar surface area (TPSA) is 60.5 Å². The molecule has 0 unspecified atom stereocenters. The average molecular weight is 310 g/mol. The summed E-state index contributed by atoms with van der Waals surface area (Å²) in [5, 5.41) is 2.85. The van der Waals surface area contributed by atoms with Crippen molar-refractivity contribution in [3.63, 3.8) is 0 Å². The van der Waals surface area contributed by atoms with Crippen LogP contribution in [0.4, 0.5) is 5.69 Å². The first kappa shape index (κ1) is 15.1. The minimum atomic E-state index is -0.216. The molecule has 0 aliphatic carbocycles. The molecule has 1 amide bonds. The normalized spacial score (nSPS) is 13.7. The Bertz CT molecular complexity index is 726. The summed E-state index contributed by atoms with van der Waals surface area (Å²) in [4.78, 5) is 16.1. The molecule has 0 fully saturated rings. The van der Waals surface area contributed by atoms with Gasteiger partial charge in [-0.2, -0.15) is 0 Å². The highest BCUT2D eigenvalue weighted by Gasteiger charge is 2.14. The molecule has 0 radical (unpaired) electrons. The summed E-state index contributed by atoms with van der Waals surface area (Å²) in [6.07, 6.45) is 7.01. The Morgan fingerprint density at radius 3 is 2.78 bits per heavy atom. The first-order valence-electron chi connectivity index (χ1n) is 7.55. The molecule has 1 aliphatic rings. The van der Waals surface area contributed by atoms with Crippen molar-refractivity contribution in [2.24, 2.45) is 0 Å². The number of ether oxygens (including phenoxy) is 2. The summed E-state index contributed by atoms with van der Waals surface area (Å²) in [7, 11) is 0. The van der Waals surface area contributed by atoms with Crippen LogP contribution >= 0.6 is 0 Å². The molecule has 1 aromatic carbocycles. The molecule has 2 heterocycles. The van der Waals surface area contributed by atoms with Crippen LogP contribution in [0.1, 0.15) is 18.4 Å². The van der Waals surface area contributed by atoms with Crippen LogP contribution in [0.2, 0.25) is 0 Å². The summed E-state index contributed by atoms with van der Waals surface area (Å²) in [5.41, 5.74) is 1.64. The van der Waals surface area contributed by atoms with Gasteiger partial charge < -0.3 is 14.8 Å². The molecule has 0 saturated carbocycles. The quantitative estimate of drug-likeness (QED) is 0.932. The van der Waals surface area contributed by atoms with E-state index in [1.54, 1.807) is 24.5 Å². The Labute approximate surface area is 135 Å². The molecule has 3 rings (SSSR count). The zero-order chi connectivity index (χ0) is 16.1. The van der Waals surface area contributed by atoms with Gasteiger partial charge >= 0.3 is 0 Å². The van der Waals surface area contributed by atoms with Crippen molar-refractivity contribution in [2.75, 3.05) is 11.9 Å². The summed E-state index contributed by atoms with van der Waals surface area (Å²) in [5.74, 6) is 1.64. The highest BCUT2D eigenvalue weighted by molar-refractivity contribution is 6.02. The van der Waals surface area contributed by atoms with Gasteiger partial charge in [-0.25, -0.2) is 0 Å². The van der Waals surface area contributed by atoms with Crippen molar-refractivity contribution in [1.29, 1.82) is 0 Å². The Morgan fingerprint density at radius 2 is 2.09 bits per heavy atom. The van der Waals surface area contributed by atoms with E-state index in [4.69, 9.17) is 9.47 Å². The average Bonchev–Trinajstić information content (AvgIpc) is 2.59. The predicted octanol–water partition coefficient (Wildman–Crippen LogP) is 3.82. The number of benzene rings is 1. The maximum atomic E-state index is 12.1. The Morgan fingerprint density at radius 1 is 1.26 bits per heavy atom. The van der Waals surface area contributed by atoms with E-state index in [1.165, 1.54) is 0 Å². The smallest absolute Gasteiger partial charge is 0.290 e. The third-order valence-electron chi connectivity index (χ3n) is 3.47. The summed E-state index contributed by atoms with van der Waals surface area (Å²) in [6, 6.07) is 9.11. The number of amides is 1. The third kappa shape index (κ3) is 3.88. The summed E-state index contributed by atoms with van der Waals surface area (Å²) in [6.45, 7) is 2.53. The van der Waals surface area contributed by atoms with E-state index in [0.717, 1.165) is 29.9 Å². The van der Waals surface area contributed by atoms with Crippen LogP contribution in [0.25, 0.3) is 0 Å². The molecule has 0 spiro atoms. The highest BCUT2D eigenvalue weighted by atomic mass is 16.5. The van der Waals surface area contributed by atoms with E-state index in [1.807, 2.05) is 31.2 Å². The van der Waals surface area contributed by atoms with Gasteiger partial charge in [0.2, 0.25) is 0 Å². The van der Waals surface area contributed by atoms with Crippen molar-refractivity contribution in [3.05, 3.63) is 60.1 Å². The van der Waals surface area contributed by atoms with Gasteiger partial charge in [0.15, 0.2) is 5.76 Å². The number of allylic oxidation sites excluding steroid dienone is 1. The minimum Gasteiger partial charge on any atom is -0.488 e. The lowest BCUT2D eigenvalue weighted by Gasteiger charge is -2.15. The van der Waals surface area contributed by atoms with Gasteiger partial charge in [-0.3, -0.25) is 9.78 Å². The zero-order valence-corrected chi connectivity index (χ0v) is 12.9. The highest BCUT2D eigenvalue weighted by Crippen LogP contribution is 2.27. The number of nitrogens with one attached hydrogen (secondary N) is 1. The van der Waals surface area contributed by atoms with Crippen LogP contribution in [-0.2, 0) is 9.53 Å². The van der Waals surface area contributed by atoms with Crippen molar-refractivity contribution in [3.8, 4) is 11.5 Å². The predicted molar refractivity (Wildman–Crippen MR) is 87.4 cm³/mol. The SMILES string of the molecule is Cc1cc(NC(=O)C2=CCCCO2)ccc1Oc1ccncc1. The minimum absolute atomic E-state index is 0.216. The van der Waals surface area contributed by atoms with Crippen molar-refractivity contribution in [1.82, 2.24) is 4.98 Å². The molecule has 0 saturated heterocycles. The van der Waals surface area contributed by atoms with Crippen molar-refractivity contribution < 1.29 is 14.3 Å². The van der Waals surface area contributed by atoms with E-state index in [-0.39, 0.29) is 5.91 Å². The third-order valence-corrected chi connectivity index (χ3v) is 3.47. The van der Waals surface area contributed by atoms with E-state index in [0.29, 0.717) is 18.1 Å². The summed E-state index contributed by atoms with van der Waals surface area (Å²) < 4.78 is 11.2. The molecule has 5 heteroatoms. The monoisotopic (exact) mass is 310 g/mol. The molecule has 1 N–H and O–H groups in total. The molecule has 23 heavy (non-hydrogen) atoms. The zero-order valence-electron chi connectivity index (χ0n) is 12.9. The second kappa shape index (κ2) is 6.96. The number of pyridine rings is 1. The second-order valence-electron chi connectivity index (χ2n) is 5.28. The molecule has 0 bridgehead atoms. The van der Waals surface area contributed by atoms with Gasteiger partial charge in [0, 0.05) is 18.1 Å². The second-order valence-corrected chi connectivity index (χ2v) is 5.28. The van der Waals surface area contributed by atoms with Gasteiger partial charge in [0.25, 0.3) is 5.91 Å². The van der Waals surface area contributed by atoms with E-state index in [2.05, 4.69) is 10.3 Å².